The molecule has 1 unspecified atom stereocenters. The van der Waals surface area contributed by atoms with Gasteiger partial charge in [0, 0.05) is 27.2 Å². The summed E-state index contributed by atoms with van der Waals surface area (Å²) >= 11 is 1.69. The lowest BCUT2D eigenvalue weighted by atomic mass is 10.3. The molecule has 18 heavy (non-hydrogen) atoms. The van der Waals surface area contributed by atoms with E-state index in [-0.39, 0.29) is 0 Å². The molecule has 1 aliphatic heterocycles. The molecule has 1 N–H and O–H groups in total. The van der Waals surface area contributed by atoms with Gasteiger partial charge in [0.2, 0.25) is 5.95 Å². The van der Waals surface area contributed by atoms with Crippen LogP contribution in [0.25, 0.3) is 10.2 Å². The molecule has 0 bridgehead atoms. The molecule has 5 nitrogen and oxygen atoms in total. The van der Waals surface area contributed by atoms with Gasteiger partial charge >= 0.3 is 0 Å². The fourth-order valence-corrected chi connectivity index (χ4v) is 3.13. The van der Waals surface area contributed by atoms with Crippen LogP contribution in [-0.2, 0) is 4.74 Å². The van der Waals surface area contributed by atoms with Gasteiger partial charge in [-0.3, -0.25) is 0 Å². The van der Waals surface area contributed by atoms with Crippen LogP contribution in [0.4, 0.5) is 11.8 Å². The molecule has 3 rings (SSSR count). The Morgan fingerprint density at radius 1 is 1.50 bits per heavy atom. The molecule has 0 radical (unpaired) electrons. The lowest BCUT2D eigenvalue weighted by Gasteiger charge is -2.18. The van der Waals surface area contributed by atoms with E-state index in [1.54, 1.807) is 18.4 Å². The van der Waals surface area contributed by atoms with Crippen LogP contribution in [0.3, 0.4) is 0 Å². The van der Waals surface area contributed by atoms with E-state index in [1.165, 1.54) is 0 Å². The number of hydrogen-bond acceptors (Lipinski definition) is 6. The number of methoxy groups -OCH3 is 1. The van der Waals surface area contributed by atoms with Crippen LogP contribution in [0.5, 0.6) is 0 Å². The molecule has 6 heteroatoms. The van der Waals surface area contributed by atoms with Crippen LogP contribution in [0.1, 0.15) is 6.42 Å². The van der Waals surface area contributed by atoms with Crippen molar-refractivity contribution < 1.29 is 4.74 Å². The van der Waals surface area contributed by atoms with Gasteiger partial charge in [0.1, 0.15) is 0 Å². The van der Waals surface area contributed by atoms with E-state index >= 15 is 0 Å². The summed E-state index contributed by atoms with van der Waals surface area (Å²) in [6.45, 7) is 1.90. The molecule has 1 saturated heterocycles. The number of rotatable bonds is 3. The molecule has 0 amide bonds. The Kier molecular flexibility index (Phi) is 3.05. The average Bonchev–Trinajstić information content (AvgIpc) is 3.05. The minimum absolute atomic E-state index is 0.313. The first kappa shape index (κ1) is 11.7. The molecular weight excluding hydrogens is 248 g/mol. The summed E-state index contributed by atoms with van der Waals surface area (Å²) in [7, 11) is 3.62. The van der Waals surface area contributed by atoms with E-state index in [2.05, 4.69) is 25.6 Å². The van der Waals surface area contributed by atoms with Crippen molar-refractivity contribution in [1.29, 1.82) is 0 Å². The zero-order valence-corrected chi connectivity index (χ0v) is 11.3. The second-order valence-corrected chi connectivity index (χ2v) is 5.26. The third-order valence-corrected chi connectivity index (χ3v) is 4.19. The number of thiophene rings is 1. The molecule has 0 aromatic carbocycles. The lowest BCUT2D eigenvalue weighted by molar-refractivity contribution is 0.121. The highest BCUT2D eigenvalue weighted by atomic mass is 32.1. The number of fused-ring (bicyclic) bond motifs is 1. The van der Waals surface area contributed by atoms with Gasteiger partial charge in [0.05, 0.1) is 16.3 Å². The van der Waals surface area contributed by atoms with Crippen LogP contribution in [0.2, 0.25) is 0 Å². The predicted octanol–water partition coefficient (Wildman–Crippen LogP) is 1.96. The number of aromatic nitrogens is 2. The second-order valence-electron chi connectivity index (χ2n) is 4.35. The molecule has 2 aromatic rings. The van der Waals surface area contributed by atoms with Gasteiger partial charge in [0.15, 0.2) is 5.82 Å². The first-order valence-electron chi connectivity index (χ1n) is 6.02. The fraction of sp³-hybridized carbons (Fsp3) is 0.500. The zero-order chi connectivity index (χ0) is 12.5. The largest absolute Gasteiger partial charge is 0.380 e. The normalized spacial score (nSPS) is 19.7. The highest BCUT2D eigenvalue weighted by molar-refractivity contribution is 7.17. The summed E-state index contributed by atoms with van der Waals surface area (Å²) in [5.74, 6) is 1.70. The summed E-state index contributed by atoms with van der Waals surface area (Å²) in [5, 5.41) is 5.08. The van der Waals surface area contributed by atoms with Crippen molar-refractivity contribution in [1.82, 2.24) is 9.97 Å². The van der Waals surface area contributed by atoms with Crippen molar-refractivity contribution in [2.45, 2.75) is 12.5 Å². The smallest absolute Gasteiger partial charge is 0.225 e. The van der Waals surface area contributed by atoms with Crippen LogP contribution >= 0.6 is 11.3 Å². The third kappa shape index (κ3) is 1.91. The van der Waals surface area contributed by atoms with E-state index in [9.17, 15) is 0 Å². The summed E-state index contributed by atoms with van der Waals surface area (Å²) in [5.41, 5.74) is 1.01. The SMILES string of the molecule is CNc1nc(N2CCC(OC)C2)c2sccc2n1. The number of ether oxygens (including phenoxy) is 1. The highest BCUT2D eigenvalue weighted by Gasteiger charge is 2.25. The Morgan fingerprint density at radius 2 is 2.39 bits per heavy atom. The van der Waals surface area contributed by atoms with Gasteiger partial charge in [-0.05, 0) is 17.9 Å². The van der Waals surface area contributed by atoms with Gasteiger partial charge in [-0.15, -0.1) is 11.3 Å². The number of nitrogens with zero attached hydrogens (tertiary/aromatic N) is 3. The van der Waals surface area contributed by atoms with Crippen molar-refractivity contribution in [3.63, 3.8) is 0 Å². The topological polar surface area (TPSA) is 50.3 Å². The van der Waals surface area contributed by atoms with E-state index in [4.69, 9.17) is 4.74 Å². The summed E-state index contributed by atoms with van der Waals surface area (Å²) < 4.78 is 6.57. The van der Waals surface area contributed by atoms with Crippen molar-refractivity contribution in [2.24, 2.45) is 0 Å². The molecule has 0 spiro atoms. The van der Waals surface area contributed by atoms with Crippen molar-refractivity contribution in [3.8, 4) is 0 Å². The predicted molar refractivity (Wildman–Crippen MR) is 74.6 cm³/mol. The number of hydrogen-bond donors (Lipinski definition) is 1. The van der Waals surface area contributed by atoms with Crippen molar-refractivity contribution in [3.05, 3.63) is 11.4 Å². The van der Waals surface area contributed by atoms with Crippen LogP contribution in [0, 0.1) is 0 Å². The van der Waals surface area contributed by atoms with Crippen molar-refractivity contribution >= 4 is 33.3 Å². The molecule has 0 aliphatic carbocycles. The molecule has 3 heterocycles. The Bertz CT molecular complexity index is 556. The van der Waals surface area contributed by atoms with Gasteiger partial charge in [-0.1, -0.05) is 0 Å². The quantitative estimate of drug-likeness (QED) is 0.918. The minimum Gasteiger partial charge on any atom is -0.380 e. The van der Waals surface area contributed by atoms with E-state index < -0.39 is 0 Å². The average molecular weight is 264 g/mol. The monoisotopic (exact) mass is 264 g/mol. The Morgan fingerprint density at radius 3 is 3.11 bits per heavy atom. The molecule has 1 atom stereocenters. The number of nitrogens with one attached hydrogen (secondary N) is 1. The van der Waals surface area contributed by atoms with Gasteiger partial charge in [-0.25, -0.2) is 4.98 Å². The number of anilines is 2. The minimum atomic E-state index is 0.313. The first-order chi connectivity index (χ1) is 8.81. The van der Waals surface area contributed by atoms with E-state index in [1.807, 2.05) is 13.1 Å². The standard InChI is InChI=1S/C12H16N4OS/c1-13-12-14-9-4-6-18-10(9)11(15-12)16-5-3-8(7-16)17-2/h4,6,8H,3,5,7H2,1-2H3,(H,13,14,15). The van der Waals surface area contributed by atoms with Crippen LogP contribution in [-0.4, -0.2) is 43.3 Å². The highest BCUT2D eigenvalue weighted by Crippen LogP contribution is 2.32. The summed E-state index contributed by atoms with van der Waals surface area (Å²) in [4.78, 5) is 11.3. The molecular formula is C12H16N4OS. The Balaban J connectivity index is 2.02. The summed E-state index contributed by atoms with van der Waals surface area (Å²) in [6, 6.07) is 2.04. The van der Waals surface area contributed by atoms with Gasteiger partial charge in [0.25, 0.3) is 0 Å². The molecule has 1 fully saturated rings. The van der Waals surface area contributed by atoms with Gasteiger partial charge in [-0.2, -0.15) is 4.98 Å². The van der Waals surface area contributed by atoms with E-state index in [0.717, 1.165) is 35.5 Å². The molecule has 1 aliphatic rings. The van der Waals surface area contributed by atoms with Crippen molar-refractivity contribution in [2.75, 3.05) is 37.5 Å². The maximum Gasteiger partial charge on any atom is 0.225 e. The first-order valence-corrected chi connectivity index (χ1v) is 6.90. The third-order valence-electron chi connectivity index (χ3n) is 3.29. The van der Waals surface area contributed by atoms with Gasteiger partial charge < -0.3 is 15.0 Å². The van der Waals surface area contributed by atoms with Crippen LogP contribution in [0.15, 0.2) is 11.4 Å². The molecule has 2 aromatic heterocycles. The lowest BCUT2D eigenvalue weighted by Crippen LogP contribution is -2.23. The Hall–Kier alpha value is -1.40. The summed E-state index contributed by atoms with van der Waals surface area (Å²) in [6.07, 6.45) is 1.37. The molecule has 96 valence electrons. The maximum atomic E-state index is 5.42. The molecule has 0 saturated carbocycles. The second kappa shape index (κ2) is 4.70. The van der Waals surface area contributed by atoms with Crippen LogP contribution < -0.4 is 10.2 Å². The Labute approximate surface area is 110 Å². The van der Waals surface area contributed by atoms with E-state index in [0.29, 0.717) is 12.1 Å². The zero-order valence-electron chi connectivity index (χ0n) is 10.5. The fourth-order valence-electron chi connectivity index (χ4n) is 2.29. The maximum absolute atomic E-state index is 5.42.